The van der Waals surface area contributed by atoms with Crippen molar-refractivity contribution in [3.05, 3.63) is 12.4 Å². The van der Waals surface area contributed by atoms with Crippen molar-refractivity contribution in [1.29, 1.82) is 0 Å². The fraction of sp³-hybridized carbons (Fsp3) is 0.571. The van der Waals surface area contributed by atoms with Crippen LogP contribution in [0.4, 0.5) is 0 Å². The van der Waals surface area contributed by atoms with Crippen LogP contribution in [0.5, 0.6) is 0 Å². The molecule has 1 aromatic rings. The summed E-state index contributed by atoms with van der Waals surface area (Å²) in [5.74, 6) is 0. The molecule has 0 radical (unpaired) electrons. The molecule has 0 atom stereocenters. The van der Waals surface area contributed by atoms with Gasteiger partial charge in [0.15, 0.2) is 0 Å². The van der Waals surface area contributed by atoms with Gasteiger partial charge in [-0.3, -0.25) is 5.10 Å². The van der Waals surface area contributed by atoms with Crippen LogP contribution in [-0.2, 0) is 10.0 Å². The third-order valence-electron chi connectivity index (χ3n) is 2.19. The molecule has 0 amide bonds. The van der Waals surface area contributed by atoms with Crippen LogP contribution in [0.15, 0.2) is 17.3 Å². The van der Waals surface area contributed by atoms with E-state index in [1.165, 1.54) is 16.7 Å². The molecular formula is C7H12N4O2S. The summed E-state index contributed by atoms with van der Waals surface area (Å²) in [5, 5.41) is 6.08. The van der Waals surface area contributed by atoms with E-state index in [1.807, 2.05) is 6.92 Å². The largest absolute Gasteiger partial charge is 0.323 e. The average Bonchev–Trinajstić information content (AvgIpc) is 2.51. The van der Waals surface area contributed by atoms with E-state index in [0.29, 0.717) is 13.1 Å². The highest BCUT2D eigenvalue weighted by atomic mass is 32.2. The fourth-order valence-corrected chi connectivity index (χ4v) is 3.07. The van der Waals surface area contributed by atoms with E-state index in [0.717, 1.165) is 0 Å². The van der Waals surface area contributed by atoms with Crippen molar-refractivity contribution in [3.63, 3.8) is 0 Å². The zero-order valence-electron chi connectivity index (χ0n) is 7.77. The number of hydrogen-bond donors (Lipinski definition) is 2. The number of rotatable bonds is 2. The van der Waals surface area contributed by atoms with Gasteiger partial charge in [0.1, 0.15) is 4.90 Å². The van der Waals surface area contributed by atoms with Crippen molar-refractivity contribution in [2.75, 3.05) is 13.1 Å². The molecule has 1 aliphatic rings. The summed E-state index contributed by atoms with van der Waals surface area (Å²) < 4.78 is 24.9. The molecule has 3 N–H and O–H groups in total. The summed E-state index contributed by atoms with van der Waals surface area (Å²) in [5.41, 5.74) is 5.34. The van der Waals surface area contributed by atoms with Crippen LogP contribution in [0.1, 0.15) is 6.92 Å². The Morgan fingerprint density at radius 3 is 2.71 bits per heavy atom. The SMILES string of the molecule is CC1(N)CN(S(=O)(=O)c2cn[nH]c2)C1. The minimum atomic E-state index is -3.37. The zero-order valence-corrected chi connectivity index (χ0v) is 8.58. The molecule has 6 nitrogen and oxygen atoms in total. The summed E-state index contributed by atoms with van der Waals surface area (Å²) in [6.45, 7) is 2.55. The quantitative estimate of drug-likeness (QED) is 0.672. The minimum absolute atomic E-state index is 0.188. The Balaban J connectivity index is 2.21. The normalized spacial score (nSPS) is 21.9. The Morgan fingerprint density at radius 1 is 1.64 bits per heavy atom. The summed E-state index contributed by atoms with van der Waals surface area (Å²) in [4.78, 5) is 0.188. The number of nitrogens with two attached hydrogens (primary N) is 1. The number of nitrogens with one attached hydrogen (secondary N) is 1. The van der Waals surface area contributed by atoms with Crippen LogP contribution in [0.25, 0.3) is 0 Å². The first-order chi connectivity index (χ1) is 6.42. The predicted octanol–water partition coefficient (Wildman–Crippen LogP) is -0.869. The minimum Gasteiger partial charge on any atom is -0.323 e. The zero-order chi connectivity index (χ0) is 10.4. The van der Waals surface area contributed by atoms with Gasteiger partial charge >= 0.3 is 0 Å². The summed E-state index contributed by atoms with van der Waals surface area (Å²) in [6.07, 6.45) is 2.66. The summed E-state index contributed by atoms with van der Waals surface area (Å²) in [7, 11) is -3.37. The van der Waals surface area contributed by atoms with Gasteiger partial charge in [0.05, 0.1) is 6.20 Å². The first kappa shape index (κ1) is 9.63. The third kappa shape index (κ3) is 1.43. The van der Waals surface area contributed by atoms with Gasteiger partial charge in [0.25, 0.3) is 0 Å². The molecule has 0 saturated carbocycles. The Hall–Kier alpha value is -0.920. The van der Waals surface area contributed by atoms with E-state index in [1.54, 1.807) is 0 Å². The van der Waals surface area contributed by atoms with Gasteiger partial charge in [-0.05, 0) is 6.92 Å². The molecule has 0 unspecified atom stereocenters. The predicted molar refractivity (Wildman–Crippen MR) is 49.9 cm³/mol. The lowest BCUT2D eigenvalue weighted by molar-refractivity contribution is 0.176. The number of aromatic nitrogens is 2. The molecule has 0 spiro atoms. The molecule has 0 bridgehead atoms. The number of H-pyrrole nitrogens is 1. The molecule has 1 saturated heterocycles. The maximum atomic E-state index is 11.8. The van der Waals surface area contributed by atoms with Crippen molar-refractivity contribution >= 4 is 10.0 Å². The number of sulfonamides is 1. The molecular weight excluding hydrogens is 204 g/mol. The molecule has 1 aliphatic heterocycles. The number of nitrogens with zero attached hydrogens (tertiary/aromatic N) is 2. The van der Waals surface area contributed by atoms with Crippen LogP contribution < -0.4 is 5.73 Å². The molecule has 7 heteroatoms. The van der Waals surface area contributed by atoms with Gasteiger partial charge in [0.2, 0.25) is 10.0 Å². The maximum Gasteiger partial charge on any atom is 0.246 e. The van der Waals surface area contributed by atoms with E-state index in [2.05, 4.69) is 10.2 Å². The summed E-state index contributed by atoms with van der Waals surface area (Å²) in [6, 6.07) is 0. The lowest BCUT2D eigenvalue weighted by atomic mass is 9.97. The van der Waals surface area contributed by atoms with E-state index in [9.17, 15) is 8.42 Å². The van der Waals surface area contributed by atoms with Gasteiger partial charge < -0.3 is 5.73 Å². The van der Waals surface area contributed by atoms with E-state index < -0.39 is 15.6 Å². The average molecular weight is 216 g/mol. The lowest BCUT2D eigenvalue weighted by Gasteiger charge is -2.43. The first-order valence-corrected chi connectivity index (χ1v) is 5.64. The standard InChI is InChI=1S/C7H12N4O2S/c1-7(8)4-11(5-7)14(12,13)6-2-9-10-3-6/h2-3H,4-5,8H2,1H3,(H,9,10). The van der Waals surface area contributed by atoms with Gasteiger partial charge in [-0.25, -0.2) is 8.42 Å². The van der Waals surface area contributed by atoms with Crippen LogP contribution in [0, 0.1) is 0 Å². The molecule has 2 rings (SSSR count). The fourth-order valence-electron chi connectivity index (χ4n) is 1.46. The highest BCUT2D eigenvalue weighted by molar-refractivity contribution is 7.89. The van der Waals surface area contributed by atoms with E-state index in [4.69, 9.17) is 5.73 Å². The second-order valence-corrected chi connectivity index (χ2v) is 5.80. The molecule has 1 aromatic heterocycles. The molecule has 0 aromatic carbocycles. The third-order valence-corrected chi connectivity index (χ3v) is 3.94. The first-order valence-electron chi connectivity index (χ1n) is 4.20. The van der Waals surface area contributed by atoms with Crippen molar-refractivity contribution < 1.29 is 8.42 Å². The Morgan fingerprint density at radius 2 is 2.29 bits per heavy atom. The molecule has 78 valence electrons. The van der Waals surface area contributed by atoms with E-state index >= 15 is 0 Å². The van der Waals surface area contributed by atoms with Crippen LogP contribution in [0.3, 0.4) is 0 Å². The molecule has 2 heterocycles. The van der Waals surface area contributed by atoms with Gasteiger partial charge in [0, 0.05) is 24.8 Å². The van der Waals surface area contributed by atoms with Crippen molar-refractivity contribution in [2.24, 2.45) is 5.73 Å². The maximum absolute atomic E-state index is 11.8. The monoisotopic (exact) mass is 216 g/mol. The Bertz CT molecular complexity index is 415. The van der Waals surface area contributed by atoms with Crippen molar-refractivity contribution in [2.45, 2.75) is 17.4 Å². The molecule has 0 aliphatic carbocycles. The number of hydrogen-bond acceptors (Lipinski definition) is 4. The molecule has 1 fully saturated rings. The van der Waals surface area contributed by atoms with Gasteiger partial charge in [-0.1, -0.05) is 0 Å². The molecule has 14 heavy (non-hydrogen) atoms. The second-order valence-electron chi connectivity index (χ2n) is 3.86. The smallest absolute Gasteiger partial charge is 0.246 e. The summed E-state index contributed by atoms with van der Waals surface area (Å²) >= 11 is 0. The highest BCUT2D eigenvalue weighted by Gasteiger charge is 2.42. The second kappa shape index (κ2) is 2.78. The van der Waals surface area contributed by atoms with Gasteiger partial charge in [-0.2, -0.15) is 9.40 Å². The number of aromatic amines is 1. The van der Waals surface area contributed by atoms with Crippen LogP contribution >= 0.6 is 0 Å². The van der Waals surface area contributed by atoms with Gasteiger partial charge in [-0.15, -0.1) is 0 Å². The van der Waals surface area contributed by atoms with Crippen LogP contribution in [0.2, 0.25) is 0 Å². The van der Waals surface area contributed by atoms with Crippen molar-refractivity contribution in [1.82, 2.24) is 14.5 Å². The lowest BCUT2D eigenvalue weighted by Crippen LogP contribution is -2.66. The Labute approximate surface area is 82.1 Å². The Kier molecular flexibility index (Phi) is 1.91. The van der Waals surface area contributed by atoms with Crippen molar-refractivity contribution in [3.8, 4) is 0 Å². The van der Waals surface area contributed by atoms with E-state index in [-0.39, 0.29) is 4.90 Å². The van der Waals surface area contributed by atoms with Crippen LogP contribution in [-0.4, -0.2) is 41.5 Å². The highest BCUT2D eigenvalue weighted by Crippen LogP contribution is 2.25. The topological polar surface area (TPSA) is 92.1 Å².